The molecule has 1 atom stereocenters. The van der Waals surface area contributed by atoms with Crippen molar-refractivity contribution in [1.82, 2.24) is 4.98 Å². The molecule has 0 unspecified atom stereocenters. The lowest BCUT2D eigenvalue weighted by Gasteiger charge is -2.26. The van der Waals surface area contributed by atoms with Gasteiger partial charge in [-0.3, -0.25) is 4.79 Å². The van der Waals surface area contributed by atoms with Gasteiger partial charge in [0, 0.05) is 25.4 Å². The van der Waals surface area contributed by atoms with E-state index in [1.54, 1.807) is 11.3 Å². The number of fused-ring (bicyclic) bond motifs is 1. The Bertz CT molecular complexity index is 852. The van der Waals surface area contributed by atoms with Crippen LogP contribution in [-0.4, -0.2) is 43.8 Å². The highest BCUT2D eigenvalue weighted by Crippen LogP contribution is 2.43. The molecule has 6 nitrogen and oxygen atoms in total. The molecule has 0 radical (unpaired) electrons. The van der Waals surface area contributed by atoms with Crippen molar-refractivity contribution in [3.63, 3.8) is 0 Å². The van der Waals surface area contributed by atoms with E-state index in [2.05, 4.69) is 21.1 Å². The first-order valence-electron chi connectivity index (χ1n) is 8.54. The summed E-state index contributed by atoms with van der Waals surface area (Å²) in [6.45, 7) is 3.27. The second-order valence-electron chi connectivity index (χ2n) is 6.18. The molecule has 134 valence electrons. The van der Waals surface area contributed by atoms with Crippen LogP contribution in [0.25, 0.3) is 0 Å². The maximum Gasteiger partial charge on any atom is 0.226 e. The molecule has 1 fully saturated rings. The number of hydrogen-bond acceptors (Lipinski definition) is 6. The van der Waals surface area contributed by atoms with Crippen molar-refractivity contribution in [3.05, 3.63) is 34.7 Å². The van der Waals surface area contributed by atoms with Crippen molar-refractivity contribution in [1.29, 1.82) is 0 Å². The van der Waals surface area contributed by atoms with Crippen LogP contribution in [0.4, 0.5) is 10.9 Å². The molecule has 1 saturated heterocycles. The number of terminal acetylenes is 1. The van der Waals surface area contributed by atoms with Crippen LogP contribution in [0.2, 0.25) is 0 Å². The number of benzene rings is 1. The number of carbonyl (C=O) groups excluding carboxylic acids is 1. The minimum absolute atomic E-state index is 0.0173. The lowest BCUT2D eigenvalue weighted by Crippen LogP contribution is -2.36. The Labute approximate surface area is 156 Å². The third kappa shape index (κ3) is 3.39. The Balaban J connectivity index is 1.65. The van der Waals surface area contributed by atoms with E-state index in [1.807, 2.05) is 24.3 Å². The summed E-state index contributed by atoms with van der Waals surface area (Å²) in [4.78, 5) is 20.2. The van der Waals surface area contributed by atoms with Crippen LogP contribution in [0.1, 0.15) is 22.8 Å². The summed E-state index contributed by atoms with van der Waals surface area (Å²) < 4.78 is 10.9. The molecule has 3 heterocycles. The summed E-state index contributed by atoms with van der Waals surface area (Å²) >= 11 is 1.64. The molecule has 0 spiro atoms. The maximum absolute atomic E-state index is 12.2. The third-order valence-electron chi connectivity index (χ3n) is 4.47. The molecule has 0 bridgehead atoms. The summed E-state index contributed by atoms with van der Waals surface area (Å²) in [5.41, 5.74) is 1.03. The van der Waals surface area contributed by atoms with Gasteiger partial charge >= 0.3 is 0 Å². The van der Waals surface area contributed by atoms with Crippen LogP contribution < -0.4 is 15.0 Å². The highest BCUT2D eigenvalue weighted by atomic mass is 32.1. The molecule has 1 aromatic heterocycles. The average molecular weight is 369 g/mol. The van der Waals surface area contributed by atoms with E-state index >= 15 is 0 Å². The van der Waals surface area contributed by atoms with E-state index in [-0.39, 0.29) is 18.4 Å². The summed E-state index contributed by atoms with van der Waals surface area (Å²) in [5, 5.41) is 3.85. The largest absolute Gasteiger partial charge is 0.481 e. The number of rotatable bonds is 4. The number of nitrogens with zero attached hydrogens (tertiary/aromatic N) is 2. The molecule has 1 aromatic carbocycles. The Hall–Kier alpha value is -2.56. The van der Waals surface area contributed by atoms with Gasteiger partial charge in [-0.2, -0.15) is 0 Å². The van der Waals surface area contributed by atoms with E-state index in [1.165, 1.54) is 0 Å². The molecule has 7 heteroatoms. The van der Waals surface area contributed by atoms with Crippen LogP contribution in [0.15, 0.2) is 24.3 Å². The minimum Gasteiger partial charge on any atom is -0.481 e. The summed E-state index contributed by atoms with van der Waals surface area (Å²) in [6, 6.07) is 7.77. The Kier molecular flexibility index (Phi) is 4.78. The molecule has 1 N–H and O–H groups in total. The first kappa shape index (κ1) is 16.9. The first-order chi connectivity index (χ1) is 12.7. The van der Waals surface area contributed by atoms with Crippen molar-refractivity contribution in [2.45, 2.75) is 12.3 Å². The molecule has 4 rings (SSSR count). The highest BCUT2D eigenvalue weighted by molar-refractivity contribution is 7.16. The van der Waals surface area contributed by atoms with E-state index in [0.29, 0.717) is 31.2 Å². The van der Waals surface area contributed by atoms with Gasteiger partial charge in [0.15, 0.2) is 5.13 Å². The monoisotopic (exact) mass is 369 g/mol. The Morgan fingerprint density at radius 1 is 1.42 bits per heavy atom. The molecular formula is C19H19N3O3S. The summed E-state index contributed by atoms with van der Waals surface area (Å²) in [7, 11) is 0. The van der Waals surface area contributed by atoms with E-state index in [4.69, 9.17) is 15.9 Å². The fraction of sp³-hybridized carbons (Fsp3) is 0.368. The van der Waals surface area contributed by atoms with E-state index in [0.717, 1.165) is 28.7 Å². The predicted octanol–water partition coefficient (Wildman–Crippen LogP) is 2.47. The second kappa shape index (κ2) is 7.36. The van der Waals surface area contributed by atoms with Crippen molar-refractivity contribution in [2.75, 3.05) is 43.1 Å². The van der Waals surface area contributed by atoms with Gasteiger partial charge in [0.05, 0.1) is 18.1 Å². The average Bonchev–Trinajstić information content (AvgIpc) is 3.10. The SMILES string of the molecule is C#CCOc1cccc([C@H]2CC(=O)Nc3nc(N4CCOCC4)sc32)c1. The van der Waals surface area contributed by atoms with Crippen LogP contribution >= 0.6 is 11.3 Å². The van der Waals surface area contributed by atoms with Gasteiger partial charge < -0.3 is 19.7 Å². The third-order valence-corrected chi connectivity index (χ3v) is 5.70. The zero-order valence-electron chi connectivity index (χ0n) is 14.2. The van der Waals surface area contributed by atoms with Gasteiger partial charge in [0.1, 0.15) is 18.2 Å². The lowest BCUT2D eigenvalue weighted by molar-refractivity contribution is -0.116. The van der Waals surface area contributed by atoms with Crippen molar-refractivity contribution < 1.29 is 14.3 Å². The number of hydrogen-bond donors (Lipinski definition) is 1. The molecule has 2 aliphatic heterocycles. The number of carbonyl (C=O) groups is 1. The van der Waals surface area contributed by atoms with Gasteiger partial charge in [-0.15, -0.1) is 6.42 Å². The van der Waals surface area contributed by atoms with Crippen LogP contribution in [0.5, 0.6) is 5.75 Å². The standard InChI is InChI=1S/C19H19N3O3S/c1-2-8-25-14-5-3-4-13(11-14)15-12-16(23)20-18-17(15)26-19(21-18)22-6-9-24-10-7-22/h1,3-5,11,15H,6-10,12H2,(H,20,23)/t15-/m1/s1. The van der Waals surface area contributed by atoms with E-state index in [9.17, 15) is 4.79 Å². The maximum atomic E-state index is 12.2. The van der Waals surface area contributed by atoms with E-state index < -0.39 is 0 Å². The lowest BCUT2D eigenvalue weighted by atomic mass is 9.91. The first-order valence-corrected chi connectivity index (χ1v) is 9.36. The predicted molar refractivity (Wildman–Crippen MR) is 101 cm³/mol. The fourth-order valence-corrected chi connectivity index (χ4v) is 4.41. The van der Waals surface area contributed by atoms with Gasteiger partial charge in [0.2, 0.25) is 5.91 Å². The molecule has 26 heavy (non-hydrogen) atoms. The van der Waals surface area contributed by atoms with Crippen molar-refractivity contribution in [3.8, 4) is 18.1 Å². The zero-order valence-corrected chi connectivity index (χ0v) is 15.1. The molecule has 1 amide bonds. The number of anilines is 2. The van der Waals surface area contributed by atoms with Crippen LogP contribution in [-0.2, 0) is 9.53 Å². The van der Waals surface area contributed by atoms with Gasteiger partial charge in [0.25, 0.3) is 0 Å². The number of amides is 1. The topological polar surface area (TPSA) is 63.7 Å². The number of morpholine rings is 1. The fourth-order valence-electron chi connectivity index (χ4n) is 3.21. The molecule has 2 aromatic rings. The smallest absolute Gasteiger partial charge is 0.226 e. The zero-order chi connectivity index (χ0) is 17.9. The van der Waals surface area contributed by atoms with Gasteiger partial charge in [-0.05, 0) is 17.7 Å². The van der Waals surface area contributed by atoms with Crippen LogP contribution in [0.3, 0.4) is 0 Å². The van der Waals surface area contributed by atoms with Crippen molar-refractivity contribution >= 4 is 28.2 Å². The van der Waals surface area contributed by atoms with Gasteiger partial charge in [-0.1, -0.05) is 29.4 Å². The molecule has 0 aliphatic carbocycles. The molecular weight excluding hydrogens is 350 g/mol. The molecule has 2 aliphatic rings. The Morgan fingerprint density at radius 3 is 3.08 bits per heavy atom. The number of thiazole rings is 1. The highest BCUT2D eigenvalue weighted by Gasteiger charge is 2.31. The van der Waals surface area contributed by atoms with Crippen LogP contribution in [0, 0.1) is 12.3 Å². The Morgan fingerprint density at radius 2 is 2.27 bits per heavy atom. The van der Waals surface area contributed by atoms with Crippen molar-refractivity contribution in [2.24, 2.45) is 0 Å². The summed E-state index contributed by atoms with van der Waals surface area (Å²) in [6.07, 6.45) is 5.66. The summed E-state index contributed by atoms with van der Waals surface area (Å²) in [5.74, 6) is 3.81. The molecule has 0 saturated carbocycles. The second-order valence-corrected chi connectivity index (χ2v) is 7.19. The normalized spacial score (nSPS) is 19.4. The number of nitrogens with one attached hydrogen (secondary N) is 1. The van der Waals surface area contributed by atoms with Gasteiger partial charge in [-0.25, -0.2) is 4.98 Å². The number of ether oxygens (including phenoxy) is 2. The minimum atomic E-state index is -0.0274. The number of aromatic nitrogens is 1. The quantitative estimate of drug-likeness (QED) is 0.839.